The van der Waals surface area contributed by atoms with Gasteiger partial charge >= 0.3 is 18.2 Å². The van der Waals surface area contributed by atoms with Crippen LogP contribution in [0.1, 0.15) is 19.4 Å². The smallest absolute Gasteiger partial charge is 0.475 e. The molecule has 0 atom stereocenters. The van der Waals surface area contributed by atoms with Gasteiger partial charge in [0.15, 0.2) is 0 Å². The lowest BCUT2D eigenvalue weighted by molar-refractivity contribution is -0.192. The number of halogens is 3. The summed E-state index contributed by atoms with van der Waals surface area (Å²) in [6, 6.07) is 0.405. The molecular weight excluding hydrogens is 267 g/mol. The van der Waals surface area contributed by atoms with Crippen LogP contribution in [0.15, 0.2) is 12.4 Å². The largest absolute Gasteiger partial charge is 0.490 e. The Morgan fingerprint density at radius 1 is 1.42 bits per heavy atom. The summed E-state index contributed by atoms with van der Waals surface area (Å²) < 4.78 is 37.0. The van der Waals surface area contributed by atoms with Crippen molar-refractivity contribution in [1.29, 1.82) is 0 Å². The number of carbonyl (C=O) groups is 1. The Balaban J connectivity index is 0.000000399. The molecule has 6 nitrogen and oxygen atoms in total. The van der Waals surface area contributed by atoms with Gasteiger partial charge in [-0.1, -0.05) is 0 Å². The molecule has 1 aromatic rings. The number of nitrogens with two attached hydrogens (primary N) is 1. The second-order valence-electron chi connectivity index (χ2n) is 3.55. The minimum Gasteiger partial charge on any atom is -0.475 e. The maximum Gasteiger partial charge on any atom is 0.490 e. The number of aliphatic carboxylic acids is 1. The van der Waals surface area contributed by atoms with Crippen LogP contribution in [0, 0.1) is 0 Å². The molecule has 19 heavy (non-hydrogen) atoms. The van der Waals surface area contributed by atoms with E-state index in [0.29, 0.717) is 12.6 Å². The van der Waals surface area contributed by atoms with E-state index >= 15 is 0 Å². The van der Waals surface area contributed by atoms with E-state index in [9.17, 15) is 13.2 Å². The van der Waals surface area contributed by atoms with Crippen molar-refractivity contribution in [3.8, 4) is 6.01 Å². The number of hydrogen-bond acceptors (Lipinski definition) is 5. The van der Waals surface area contributed by atoms with Crippen LogP contribution in [0.5, 0.6) is 6.01 Å². The fourth-order valence-corrected chi connectivity index (χ4v) is 0.720. The van der Waals surface area contributed by atoms with Gasteiger partial charge < -0.3 is 15.6 Å². The van der Waals surface area contributed by atoms with Gasteiger partial charge in [0.05, 0.1) is 6.10 Å². The second-order valence-corrected chi connectivity index (χ2v) is 3.55. The van der Waals surface area contributed by atoms with Crippen molar-refractivity contribution in [3.05, 3.63) is 18.0 Å². The van der Waals surface area contributed by atoms with Crippen molar-refractivity contribution >= 4 is 5.97 Å². The van der Waals surface area contributed by atoms with Gasteiger partial charge in [0.25, 0.3) is 0 Å². The molecule has 0 aliphatic rings. The molecule has 0 radical (unpaired) electrons. The molecule has 9 heteroatoms. The highest BCUT2D eigenvalue weighted by molar-refractivity contribution is 5.73. The standard InChI is InChI=1S/C8H13N3O.C2HF3O2/c1-6(2)12-8-10-4-7(3-9)5-11-8;3-2(4,5)1(6)7/h4-6H,3,9H2,1-2H3;(H,6,7). The number of carboxylic acid groups (broad SMARTS) is 1. The predicted octanol–water partition coefficient (Wildman–Crippen LogP) is 1.36. The maximum atomic E-state index is 10.6. The van der Waals surface area contributed by atoms with E-state index in [4.69, 9.17) is 20.4 Å². The summed E-state index contributed by atoms with van der Waals surface area (Å²) >= 11 is 0. The third kappa shape index (κ3) is 7.92. The zero-order chi connectivity index (χ0) is 15.1. The first-order chi connectivity index (χ1) is 8.66. The topological polar surface area (TPSA) is 98.3 Å². The van der Waals surface area contributed by atoms with Gasteiger partial charge in [0.1, 0.15) is 0 Å². The fourth-order valence-electron chi connectivity index (χ4n) is 0.720. The molecule has 0 aromatic carbocycles. The molecule has 0 fully saturated rings. The van der Waals surface area contributed by atoms with E-state index < -0.39 is 12.1 Å². The van der Waals surface area contributed by atoms with Crippen molar-refractivity contribution in [2.75, 3.05) is 0 Å². The van der Waals surface area contributed by atoms with Gasteiger partial charge in [0, 0.05) is 24.5 Å². The van der Waals surface area contributed by atoms with Gasteiger partial charge in [-0.05, 0) is 13.8 Å². The average molecular weight is 281 g/mol. The normalized spacial score (nSPS) is 10.7. The first-order valence-electron chi connectivity index (χ1n) is 5.14. The molecule has 108 valence electrons. The van der Waals surface area contributed by atoms with Crippen LogP contribution in [0.2, 0.25) is 0 Å². The van der Waals surface area contributed by atoms with Crippen molar-refractivity contribution in [1.82, 2.24) is 9.97 Å². The highest BCUT2D eigenvalue weighted by Crippen LogP contribution is 2.13. The number of ether oxygens (including phenoxy) is 1. The van der Waals surface area contributed by atoms with Crippen LogP contribution in [0.25, 0.3) is 0 Å². The Morgan fingerprint density at radius 2 is 1.84 bits per heavy atom. The van der Waals surface area contributed by atoms with Crippen LogP contribution in [-0.4, -0.2) is 33.3 Å². The van der Waals surface area contributed by atoms with Crippen molar-refractivity contribution in [3.63, 3.8) is 0 Å². The zero-order valence-electron chi connectivity index (χ0n) is 10.3. The Hall–Kier alpha value is -1.90. The lowest BCUT2D eigenvalue weighted by atomic mass is 10.3. The van der Waals surface area contributed by atoms with E-state index in [1.807, 2.05) is 13.8 Å². The number of carboxylic acids is 1. The van der Waals surface area contributed by atoms with Crippen LogP contribution >= 0.6 is 0 Å². The molecule has 3 N–H and O–H groups in total. The Bertz CT molecular complexity index is 393. The summed E-state index contributed by atoms with van der Waals surface area (Å²) in [5.41, 5.74) is 6.29. The molecule has 1 aromatic heterocycles. The zero-order valence-corrected chi connectivity index (χ0v) is 10.3. The second kappa shape index (κ2) is 7.52. The molecule has 0 bridgehead atoms. The third-order valence-electron chi connectivity index (χ3n) is 1.50. The minimum absolute atomic E-state index is 0.105. The maximum absolute atomic E-state index is 10.6. The van der Waals surface area contributed by atoms with Gasteiger partial charge in [-0.25, -0.2) is 14.8 Å². The summed E-state index contributed by atoms with van der Waals surface area (Å²) in [5.74, 6) is -2.76. The number of rotatable bonds is 3. The molecule has 0 unspecified atom stereocenters. The number of aromatic nitrogens is 2. The number of alkyl halides is 3. The van der Waals surface area contributed by atoms with Gasteiger partial charge in [-0.2, -0.15) is 13.2 Å². The molecule has 0 aliphatic carbocycles. The van der Waals surface area contributed by atoms with Gasteiger partial charge in [-0.15, -0.1) is 0 Å². The molecule has 0 amide bonds. The third-order valence-corrected chi connectivity index (χ3v) is 1.50. The van der Waals surface area contributed by atoms with Crippen molar-refractivity contribution in [2.45, 2.75) is 32.7 Å². The first-order valence-corrected chi connectivity index (χ1v) is 5.14. The molecule has 0 saturated heterocycles. The minimum atomic E-state index is -5.08. The Kier molecular flexibility index (Phi) is 6.76. The first kappa shape index (κ1) is 17.1. The molecular formula is C10H14F3N3O3. The predicted molar refractivity (Wildman–Crippen MR) is 59.4 cm³/mol. The summed E-state index contributed by atoms with van der Waals surface area (Å²) in [6.07, 6.45) is -1.64. The lowest BCUT2D eigenvalue weighted by Gasteiger charge is -2.06. The Labute approximate surface area is 107 Å². The number of hydrogen-bond donors (Lipinski definition) is 2. The van der Waals surface area contributed by atoms with Crippen molar-refractivity contribution < 1.29 is 27.8 Å². The van der Waals surface area contributed by atoms with E-state index in [-0.39, 0.29) is 6.10 Å². The van der Waals surface area contributed by atoms with E-state index in [0.717, 1.165) is 5.56 Å². The molecule has 1 heterocycles. The molecule has 0 saturated carbocycles. The molecule has 0 aliphatic heterocycles. The molecule has 1 rings (SSSR count). The van der Waals surface area contributed by atoms with Crippen LogP contribution in [-0.2, 0) is 11.3 Å². The average Bonchev–Trinajstić information content (AvgIpc) is 2.28. The highest BCUT2D eigenvalue weighted by Gasteiger charge is 2.38. The van der Waals surface area contributed by atoms with Crippen LogP contribution in [0.3, 0.4) is 0 Å². The quantitative estimate of drug-likeness (QED) is 0.868. The van der Waals surface area contributed by atoms with E-state index in [1.54, 1.807) is 12.4 Å². The number of nitrogens with zero attached hydrogens (tertiary/aromatic N) is 2. The van der Waals surface area contributed by atoms with Gasteiger partial charge in [0.2, 0.25) is 0 Å². The van der Waals surface area contributed by atoms with Crippen molar-refractivity contribution in [2.24, 2.45) is 5.73 Å². The van der Waals surface area contributed by atoms with Crippen LogP contribution < -0.4 is 10.5 Å². The summed E-state index contributed by atoms with van der Waals surface area (Å²) in [6.45, 7) is 4.32. The summed E-state index contributed by atoms with van der Waals surface area (Å²) in [5, 5.41) is 7.12. The van der Waals surface area contributed by atoms with E-state index in [1.165, 1.54) is 0 Å². The fraction of sp³-hybridized carbons (Fsp3) is 0.500. The van der Waals surface area contributed by atoms with E-state index in [2.05, 4.69) is 9.97 Å². The summed E-state index contributed by atoms with van der Waals surface area (Å²) in [7, 11) is 0. The monoisotopic (exact) mass is 281 g/mol. The molecule has 0 spiro atoms. The Morgan fingerprint density at radius 3 is 2.11 bits per heavy atom. The highest BCUT2D eigenvalue weighted by atomic mass is 19.4. The lowest BCUT2D eigenvalue weighted by Crippen LogP contribution is -2.21. The summed E-state index contributed by atoms with van der Waals surface area (Å²) in [4.78, 5) is 16.8. The van der Waals surface area contributed by atoms with Gasteiger partial charge in [-0.3, -0.25) is 0 Å². The van der Waals surface area contributed by atoms with Crippen LogP contribution in [0.4, 0.5) is 13.2 Å². The SMILES string of the molecule is CC(C)Oc1ncc(CN)cn1.O=C(O)C(F)(F)F.